The first-order valence-corrected chi connectivity index (χ1v) is 24.7. The van der Waals surface area contributed by atoms with Crippen molar-refractivity contribution in [3.05, 3.63) is 142 Å². The Hall–Kier alpha value is -4.34. The molecular formula is C58H85ClFIK2N8O15. The number of Topliss-reactive ketones (excluding diaryl/α,β-unsaturated/α-hetero) is 3. The van der Waals surface area contributed by atoms with Gasteiger partial charge in [-0.05, 0) is 110 Å². The molecule has 28 heteroatoms. The molecule has 470 valence electrons. The second-order valence-corrected chi connectivity index (χ2v) is 17.1. The quantitative estimate of drug-likeness (QED) is 0.00978. The molecule has 0 spiro atoms. The molecule has 0 aliphatic heterocycles. The van der Waals surface area contributed by atoms with E-state index in [4.69, 9.17) is 41.4 Å². The molecule has 0 radical (unpaired) electrons. The Labute approximate surface area is 617 Å². The Morgan fingerprint density at radius 2 is 1.19 bits per heavy atom. The van der Waals surface area contributed by atoms with Gasteiger partial charge in [-0.2, -0.15) is 15.5 Å². The van der Waals surface area contributed by atoms with Gasteiger partial charge < -0.3 is 50.6 Å². The fourth-order valence-corrected chi connectivity index (χ4v) is 5.83. The largest absolute Gasteiger partial charge is 1.00 e. The molecule has 0 aliphatic carbocycles. The predicted octanol–water partition coefficient (Wildman–Crippen LogP) is 0.930. The van der Waals surface area contributed by atoms with Gasteiger partial charge in [0.25, 0.3) is 6.47 Å². The van der Waals surface area contributed by atoms with Gasteiger partial charge in [-0.1, -0.05) is 54.1 Å². The summed E-state index contributed by atoms with van der Waals surface area (Å²) in [4.78, 5) is 80.2. The zero-order chi connectivity index (χ0) is 64.0. The minimum atomic E-state index is -1.00. The smallest absolute Gasteiger partial charge is 1.00 e. The Balaban J connectivity index is -0.000000146. The first-order valence-electron chi connectivity index (χ1n) is 25.4. The first kappa shape index (κ1) is 92.8. The van der Waals surface area contributed by atoms with Crippen molar-refractivity contribution in [1.29, 1.82) is 5.26 Å². The second-order valence-electron chi connectivity index (χ2n) is 17.1. The summed E-state index contributed by atoms with van der Waals surface area (Å²) < 4.78 is 47.5. The number of aromatic nitrogens is 4. The summed E-state index contributed by atoms with van der Waals surface area (Å²) in [6.07, 6.45) is 5.49. The molecule has 0 fully saturated rings. The van der Waals surface area contributed by atoms with Crippen LogP contribution in [0.15, 0.2) is 97.0 Å². The van der Waals surface area contributed by atoms with E-state index in [9.17, 15) is 33.2 Å². The molecule has 0 saturated heterocycles. The van der Waals surface area contributed by atoms with Gasteiger partial charge in [0.1, 0.15) is 41.1 Å². The zero-order valence-electron chi connectivity index (χ0n) is 54.8. The molecule has 23 nitrogen and oxygen atoms in total. The molecule has 1 unspecified atom stereocenters. The number of ketones is 3. The van der Waals surface area contributed by atoms with Crippen molar-refractivity contribution in [2.45, 2.75) is 80.1 Å². The standard InChI is InChI=1S/C15H15N3O2.C14H16N2O3.C9H13N.C8H13NO3.C5H13NO.C5H8O3.CH3F.CH2O3.ClH.HI.2K.H/c1-11-14(15(19)7-8-16)9-17-18(11)10-12-3-5-13(20-2)6-4-12;1-10-13(14(17)19-3)8-15-16(10)9-11-4-6-12(18-2)7-5-11;1-8-2-4-9(5-3-8)6-7-10;1-6(10)7(5-9(2)3)8(11)12-4;1-5(7-4)6(2)3;1-4(6)3-5(7)8-2;1-2;2-1-4-3;;;;;/h3-6,9H,7,10H2,1-2H3;4-8H,9H2,1-3H3;2-5H,6-7,10H2,1H3;5H,1-4H3;5H,1-4H3;3H2,1-2H3;1H3;1,3H;2*1H;;;/q;;;;;;;;;;2*+1;-1/p-1/b;;;7-5-;;;;;;;;;/i;;;;;;1D;;;;;;. The van der Waals surface area contributed by atoms with Gasteiger partial charge in [-0.3, -0.25) is 42.6 Å². The summed E-state index contributed by atoms with van der Waals surface area (Å²) in [7, 11) is 15.2. The van der Waals surface area contributed by atoms with Crippen molar-refractivity contribution in [3.8, 4) is 17.6 Å². The van der Waals surface area contributed by atoms with E-state index >= 15 is 0 Å². The average molecular weight is 1390 g/mol. The summed E-state index contributed by atoms with van der Waals surface area (Å²) >= 11 is 0. The molecule has 3 aromatic carbocycles. The number of ether oxygens (including phenoxy) is 6. The third-order valence-electron chi connectivity index (χ3n) is 10.6. The molecular weight excluding hydrogens is 1310 g/mol. The van der Waals surface area contributed by atoms with Gasteiger partial charge in [0, 0.05) is 33.1 Å². The summed E-state index contributed by atoms with van der Waals surface area (Å²) in [5, 5.41) is 25.4. The second kappa shape index (κ2) is 58.4. The molecule has 1 atom stereocenters. The molecule has 2 N–H and O–H groups in total. The molecule has 5 aromatic rings. The van der Waals surface area contributed by atoms with Crippen molar-refractivity contribution in [2.75, 3.05) is 84.5 Å². The van der Waals surface area contributed by atoms with E-state index in [0.29, 0.717) is 24.2 Å². The third-order valence-corrected chi connectivity index (χ3v) is 10.6. The summed E-state index contributed by atoms with van der Waals surface area (Å²) in [6, 6.07) is 25.8. The number of nitrogens with zero attached hydrogens (tertiary/aromatic N) is 7. The van der Waals surface area contributed by atoms with Crippen LogP contribution in [0.25, 0.3) is 0 Å². The van der Waals surface area contributed by atoms with Gasteiger partial charge in [-0.25, -0.2) is 9.59 Å². The van der Waals surface area contributed by atoms with E-state index in [-0.39, 0.29) is 195 Å². The number of aryl methyl sites for hydroxylation is 1. The number of nitriles is 1. The fraction of sp³-hybridized carbons (Fsp3) is 0.414. The maximum Gasteiger partial charge on any atom is 1.00 e. The van der Waals surface area contributed by atoms with E-state index in [1.54, 1.807) is 49.7 Å². The van der Waals surface area contributed by atoms with Gasteiger partial charge in [0.2, 0.25) is 0 Å². The van der Waals surface area contributed by atoms with Crippen LogP contribution in [0.5, 0.6) is 11.5 Å². The molecule has 0 aliphatic rings. The van der Waals surface area contributed by atoms with Gasteiger partial charge in [0.15, 0.2) is 11.6 Å². The molecule has 2 aromatic heterocycles. The third kappa shape index (κ3) is 43.3. The number of nitrogens with two attached hydrogens (primary N) is 1. The van der Waals surface area contributed by atoms with E-state index < -0.39 is 19.1 Å². The number of alkyl halides is 1. The normalized spacial score (nSPS) is 9.71. The summed E-state index contributed by atoms with van der Waals surface area (Å²) in [5.41, 5.74) is 12.8. The van der Waals surface area contributed by atoms with E-state index in [1.807, 2.05) is 94.4 Å². The Bertz CT molecular complexity index is 2760. The van der Waals surface area contributed by atoms with Crippen LogP contribution in [0.3, 0.4) is 0 Å². The van der Waals surface area contributed by atoms with Crippen LogP contribution in [-0.4, -0.2) is 162 Å². The summed E-state index contributed by atoms with van der Waals surface area (Å²) in [6.45, 7) is 12.2. The zero-order valence-corrected chi connectivity index (χ0v) is 62.2. The SMILES string of the molecule is COC(=O)/C(=C\N(C)C)C(C)=O.COC(=O)CC(C)=O.COC(=O)c1cnn(Cc2ccc(OC)cc2)c1C.COC(C)N(C)C.COc1ccc(Cn2ncc(C(=O)CC#N)c2C)cc1.Cc1ccc(CCN)cc1.Cl.I.O=CO[O-].[2H]CF.[H-].[K+].[K+]. The molecule has 86 heavy (non-hydrogen) atoms. The van der Waals surface area contributed by atoms with Crippen molar-refractivity contribution >= 4 is 78.1 Å². The van der Waals surface area contributed by atoms with Crippen LogP contribution in [0.2, 0.25) is 0 Å². The fourth-order valence-electron chi connectivity index (χ4n) is 5.83. The van der Waals surface area contributed by atoms with Crippen LogP contribution in [-0.2, 0) is 67.3 Å². The maximum atomic E-state index is 11.7. The van der Waals surface area contributed by atoms with Crippen LogP contribution in [0.1, 0.15) is 90.8 Å². The van der Waals surface area contributed by atoms with E-state index in [0.717, 1.165) is 47.0 Å². The van der Waals surface area contributed by atoms with Crippen molar-refractivity contribution in [2.24, 2.45) is 5.73 Å². The number of benzene rings is 3. The van der Waals surface area contributed by atoms with Gasteiger partial charge in [0.05, 0.1) is 93.3 Å². The van der Waals surface area contributed by atoms with E-state index in [1.165, 1.54) is 64.9 Å². The number of rotatable bonds is 19. The summed E-state index contributed by atoms with van der Waals surface area (Å²) in [5.74, 6) is -0.474. The minimum absolute atomic E-state index is 0. The van der Waals surface area contributed by atoms with Gasteiger partial charge in [-0.15, -0.1) is 36.4 Å². The monoisotopic (exact) mass is 1390 g/mol. The van der Waals surface area contributed by atoms with Crippen LogP contribution in [0, 0.1) is 32.1 Å². The minimum Gasteiger partial charge on any atom is -1.00 e. The average Bonchev–Trinajstić information content (AvgIpc) is 2.81. The Morgan fingerprint density at radius 3 is 1.48 bits per heavy atom. The van der Waals surface area contributed by atoms with Crippen LogP contribution in [0.4, 0.5) is 4.39 Å². The number of carbonyl (C=O) groups is 7. The number of methoxy groups -OCH3 is 6. The van der Waals surface area contributed by atoms with Crippen molar-refractivity contribution < 1.29 is 182 Å². The number of hydrogen-bond donors (Lipinski definition) is 1. The number of halogens is 3. The van der Waals surface area contributed by atoms with Crippen molar-refractivity contribution in [1.82, 2.24) is 29.4 Å². The first-order chi connectivity index (χ1) is 39.3. The molecule has 0 saturated carbocycles. The molecule has 0 bridgehead atoms. The molecule has 2 heterocycles. The van der Waals surface area contributed by atoms with Gasteiger partial charge >= 0.3 is 121 Å². The van der Waals surface area contributed by atoms with Crippen LogP contribution >= 0.6 is 36.4 Å². The topological polar surface area (TPSA) is 299 Å². The maximum absolute atomic E-state index is 11.7. The number of hydrogen-bond acceptors (Lipinski definition) is 21. The number of esters is 3. The van der Waals surface area contributed by atoms with Crippen molar-refractivity contribution in [3.63, 3.8) is 0 Å². The predicted molar refractivity (Wildman–Crippen MR) is 328 cm³/mol. The molecule has 0 amide bonds. The van der Waals surface area contributed by atoms with E-state index in [2.05, 4.69) is 55.7 Å². The Kier molecular flexibility index (Phi) is 63.0. The van der Waals surface area contributed by atoms with Crippen LogP contribution < -0.4 is 123 Å². The number of carbonyl (C=O) groups excluding carboxylic acids is 7. The molecule has 5 rings (SSSR count). The Morgan fingerprint density at radius 1 is 0.767 bits per heavy atom.